The van der Waals surface area contributed by atoms with Crippen LogP contribution in [0.2, 0.25) is 0 Å². The molecule has 130 valence electrons. The summed E-state index contributed by atoms with van der Waals surface area (Å²) in [5.74, 6) is 3.52. The Morgan fingerprint density at radius 2 is 2.04 bits per heavy atom. The highest BCUT2D eigenvalue weighted by molar-refractivity contribution is 5.05. The summed E-state index contributed by atoms with van der Waals surface area (Å²) in [5, 5.41) is 8.11. The van der Waals surface area contributed by atoms with Crippen molar-refractivity contribution in [1.82, 2.24) is 30.1 Å². The Bertz CT molecular complexity index is 694. The molecule has 0 spiro atoms. The molecule has 0 amide bonds. The van der Waals surface area contributed by atoms with E-state index in [1.54, 1.807) is 0 Å². The van der Waals surface area contributed by atoms with Gasteiger partial charge in [0.25, 0.3) is 0 Å². The molecule has 8 nitrogen and oxygen atoms in total. The minimum atomic E-state index is 0.163. The van der Waals surface area contributed by atoms with Crippen molar-refractivity contribution < 1.29 is 9.05 Å². The van der Waals surface area contributed by atoms with Gasteiger partial charge in [0, 0.05) is 32.0 Å². The van der Waals surface area contributed by atoms with E-state index in [1.165, 1.54) is 12.8 Å². The largest absolute Gasteiger partial charge is 0.340 e. The molecule has 2 aromatic rings. The maximum absolute atomic E-state index is 5.49. The molecule has 0 radical (unpaired) electrons. The average molecular weight is 332 g/mol. The van der Waals surface area contributed by atoms with E-state index in [0.717, 1.165) is 37.0 Å². The number of rotatable bonds is 6. The molecule has 2 atom stereocenters. The summed E-state index contributed by atoms with van der Waals surface area (Å²) < 4.78 is 10.5. The average Bonchev–Trinajstić information content (AvgIpc) is 3.00. The highest BCUT2D eigenvalue weighted by atomic mass is 16.5. The van der Waals surface area contributed by atoms with Crippen LogP contribution < -0.4 is 0 Å². The van der Waals surface area contributed by atoms with Crippen molar-refractivity contribution in [2.75, 3.05) is 20.1 Å². The minimum Gasteiger partial charge on any atom is -0.340 e. The first kappa shape index (κ1) is 15.7. The zero-order valence-corrected chi connectivity index (χ0v) is 14.5. The Labute approximate surface area is 141 Å². The standard InChI is InChI=1S/C16H24N6O2/c1-10(16-18-15(20-24-16)12-4-5-12)22-7-6-13(8-22)21(3)9-14-17-11(2)23-19-14/h10,12-13H,4-9H2,1-3H3/t10-,13-/m1/s1. The topological polar surface area (TPSA) is 84.3 Å². The fourth-order valence-corrected chi connectivity index (χ4v) is 3.32. The van der Waals surface area contributed by atoms with Crippen molar-refractivity contribution in [2.24, 2.45) is 0 Å². The summed E-state index contributed by atoms with van der Waals surface area (Å²) in [7, 11) is 2.11. The van der Waals surface area contributed by atoms with E-state index < -0.39 is 0 Å². The molecule has 1 aliphatic heterocycles. The van der Waals surface area contributed by atoms with Gasteiger partial charge in [0.2, 0.25) is 11.8 Å². The van der Waals surface area contributed by atoms with Crippen molar-refractivity contribution >= 4 is 0 Å². The van der Waals surface area contributed by atoms with Gasteiger partial charge in [0.15, 0.2) is 11.6 Å². The van der Waals surface area contributed by atoms with E-state index in [2.05, 4.69) is 44.1 Å². The van der Waals surface area contributed by atoms with Crippen LogP contribution in [0.3, 0.4) is 0 Å². The first-order valence-electron chi connectivity index (χ1n) is 8.67. The van der Waals surface area contributed by atoms with Crippen LogP contribution in [0.5, 0.6) is 0 Å². The Hall–Kier alpha value is -1.80. The molecular formula is C16H24N6O2. The summed E-state index contributed by atoms with van der Waals surface area (Å²) in [5.41, 5.74) is 0. The van der Waals surface area contributed by atoms with Gasteiger partial charge in [-0.2, -0.15) is 9.97 Å². The molecule has 2 aromatic heterocycles. The molecule has 1 saturated carbocycles. The van der Waals surface area contributed by atoms with E-state index >= 15 is 0 Å². The number of hydrogen-bond acceptors (Lipinski definition) is 8. The lowest BCUT2D eigenvalue weighted by Crippen LogP contribution is -2.35. The van der Waals surface area contributed by atoms with Crippen molar-refractivity contribution in [2.45, 2.75) is 57.7 Å². The zero-order chi connectivity index (χ0) is 16.7. The van der Waals surface area contributed by atoms with Gasteiger partial charge in [-0.15, -0.1) is 0 Å². The van der Waals surface area contributed by atoms with Crippen LogP contribution in [-0.2, 0) is 6.54 Å². The Morgan fingerprint density at radius 3 is 2.75 bits per heavy atom. The number of hydrogen-bond donors (Lipinski definition) is 0. The van der Waals surface area contributed by atoms with Gasteiger partial charge in [-0.25, -0.2) is 0 Å². The fraction of sp³-hybridized carbons (Fsp3) is 0.750. The summed E-state index contributed by atoms with van der Waals surface area (Å²) in [6, 6.07) is 0.632. The van der Waals surface area contributed by atoms with Gasteiger partial charge in [0.1, 0.15) is 0 Å². The van der Waals surface area contributed by atoms with E-state index in [0.29, 0.717) is 24.4 Å². The predicted molar refractivity (Wildman–Crippen MR) is 85.2 cm³/mol. The highest BCUT2D eigenvalue weighted by Crippen LogP contribution is 2.38. The molecule has 0 aromatic carbocycles. The molecule has 2 fully saturated rings. The normalized spacial score (nSPS) is 23.2. The lowest BCUT2D eigenvalue weighted by atomic mass is 10.2. The second-order valence-electron chi connectivity index (χ2n) is 7.02. The lowest BCUT2D eigenvalue weighted by molar-refractivity contribution is 0.177. The zero-order valence-electron chi connectivity index (χ0n) is 14.5. The van der Waals surface area contributed by atoms with Gasteiger partial charge in [-0.3, -0.25) is 9.80 Å². The molecule has 8 heteroatoms. The van der Waals surface area contributed by atoms with Gasteiger partial charge < -0.3 is 9.05 Å². The summed E-state index contributed by atoms with van der Waals surface area (Å²) in [4.78, 5) is 13.6. The summed E-state index contributed by atoms with van der Waals surface area (Å²) >= 11 is 0. The van der Waals surface area contributed by atoms with Crippen molar-refractivity contribution in [1.29, 1.82) is 0 Å². The van der Waals surface area contributed by atoms with Gasteiger partial charge in [-0.05, 0) is 33.2 Å². The third-order valence-corrected chi connectivity index (χ3v) is 5.08. The lowest BCUT2D eigenvalue weighted by Gasteiger charge is -2.25. The smallest absolute Gasteiger partial charge is 0.243 e. The molecule has 0 unspecified atom stereocenters. The van der Waals surface area contributed by atoms with Gasteiger partial charge in [0.05, 0.1) is 12.6 Å². The number of likely N-dealkylation sites (N-methyl/N-ethyl adjacent to an activating group) is 1. The van der Waals surface area contributed by atoms with Crippen LogP contribution in [-0.4, -0.2) is 56.3 Å². The first-order valence-corrected chi connectivity index (χ1v) is 8.67. The minimum absolute atomic E-state index is 0.163. The van der Waals surface area contributed by atoms with Crippen LogP contribution in [0, 0.1) is 6.92 Å². The number of likely N-dealkylation sites (tertiary alicyclic amines) is 1. The van der Waals surface area contributed by atoms with Crippen molar-refractivity contribution in [3.63, 3.8) is 0 Å². The van der Waals surface area contributed by atoms with Gasteiger partial charge in [-0.1, -0.05) is 10.3 Å². The van der Waals surface area contributed by atoms with E-state index in [9.17, 15) is 0 Å². The van der Waals surface area contributed by atoms with E-state index in [1.807, 2.05) is 6.92 Å². The maximum Gasteiger partial charge on any atom is 0.243 e. The molecule has 1 aliphatic carbocycles. The first-order chi connectivity index (χ1) is 11.6. The second kappa shape index (κ2) is 6.25. The summed E-state index contributed by atoms with van der Waals surface area (Å²) in [6.07, 6.45) is 3.50. The molecule has 3 heterocycles. The molecule has 0 bridgehead atoms. The van der Waals surface area contributed by atoms with Crippen LogP contribution >= 0.6 is 0 Å². The monoisotopic (exact) mass is 332 g/mol. The molecule has 4 rings (SSSR count). The van der Waals surface area contributed by atoms with E-state index in [4.69, 9.17) is 9.05 Å². The summed E-state index contributed by atoms with van der Waals surface area (Å²) in [6.45, 7) is 6.68. The predicted octanol–water partition coefficient (Wildman–Crippen LogP) is 1.91. The third-order valence-electron chi connectivity index (χ3n) is 5.08. The molecule has 2 aliphatic rings. The molecule has 0 N–H and O–H groups in total. The molecule has 1 saturated heterocycles. The van der Waals surface area contributed by atoms with Crippen molar-refractivity contribution in [3.8, 4) is 0 Å². The van der Waals surface area contributed by atoms with Crippen LogP contribution in [0.1, 0.15) is 61.6 Å². The van der Waals surface area contributed by atoms with Crippen LogP contribution in [0.25, 0.3) is 0 Å². The Morgan fingerprint density at radius 1 is 1.21 bits per heavy atom. The van der Waals surface area contributed by atoms with Crippen LogP contribution in [0.15, 0.2) is 9.05 Å². The SMILES string of the molecule is Cc1nc(CN(C)[C@@H]2CCN([C@H](C)c3nc(C4CC4)no3)C2)no1. The van der Waals surface area contributed by atoms with E-state index in [-0.39, 0.29) is 6.04 Å². The second-order valence-corrected chi connectivity index (χ2v) is 7.02. The highest BCUT2D eigenvalue weighted by Gasteiger charge is 2.34. The Balaban J connectivity index is 1.34. The fourth-order valence-electron chi connectivity index (χ4n) is 3.32. The quantitative estimate of drug-likeness (QED) is 0.793. The Kier molecular flexibility index (Phi) is 4.09. The van der Waals surface area contributed by atoms with Crippen LogP contribution in [0.4, 0.5) is 0 Å². The number of aryl methyl sites for hydroxylation is 1. The number of nitrogens with zero attached hydrogens (tertiary/aromatic N) is 6. The number of aromatic nitrogens is 4. The maximum atomic E-state index is 5.49. The van der Waals surface area contributed by atoms with Gasteiger partial charge >= 0.3 is 0 Å². The molecule has 24 heavy (non-hydrogen) atoms. The van der Waals surface area contributed by atoms with Crippen molar-refractivity contribution in [3.05, 3.63) is 23.4 Å². The molecular weight excluding hydrogens is 308 g/mol. The third kappa shape index (κ3) is 3.21.